The van der Waals surface area contributed by atoms with E-state index < -0.39 is 102 Å². The molecule has 4 aromatic carbocycles. The van der Waals surface area contributed by atoms with Gasteiger partial charge in [-0.25, -0.2) is 4.79 Å². The Bertz CT molecular complexity index is 2900. The maximum Gasteiger partial charge on any atom is 0.326 e. The predicted molar refractivity (Wildman–Crippen MR) is 304 cm³/mol. The Balaban J connectivity index is 1.35. The van der Waals surface area contributed by atoms with Crippen LogP contribution in [-0.2, 0) is 64.0 Å². The summed E-state index contributed by atoms with van der Waals surface area (Å²) >= 11 is 1.37. The third-order valence-electron chi connectivity index (χ3n) is 13.6. The van der Waals surface area contributed by atoms with E-state index in [1.54, 1.807) is 31.5 Å². The Morgan fingerprint density at radius 3 is 1.50 bits per heavy atom. The number of aromatic hydroxyl groups is 3. The van der Waals surface area contributed by atoms with E-state index in [-0.39, 0.29) is 61.7 Å². The molecule has 0 spiro atoms. The number of phenols is 3. The van der Waals surface area contributed by atoms with Crippen LogP contribution in [0.3, 0.4) is 0 Å². The SMILES string of the molecule is CC[C@@H](C)[C@@H](NC(=O)[C@@H](CC(C)C)NC(=O)[C@H](N)Cc1c[nH]c2ccccc12)C(=O)N[C@H](Cc1ccc(O)cc1)C(=O)N[C@H](CCSC)C(=O)N[C@H](Cc1ccc(O)cc1)C(=O)N[C@H](C)C(=O)N[C@H](Cc1ccc(O)cc1)C(=O)O. The molecule has 0 unspecified atom stereocenters. The van der Waals surface area contributed by atoms with Gasteiger partial charge in [0.25, 0.3) is 0 Å². The van der Waals surface area contributed by atoms with Crippen LogP contribution in [-0.4, -0.2) is 133 Å². The first kappa shape index (κ1) is 62.7. The van der Waals surface area contributed by atoms with Crippen molar-refractivity contribution in [3.8, 4) is 17.2 Å². The Hall–Kier alpha value is -8.11. The van der Waals surface area contributed by atoms with Crippen LogP contribution < -0.4 is 43.0 Å². The van der Waals surface area contributed by atoms with Gasteiger partial charge in [-0.3, -0.25) is 33.6 Å². The first-order chi connectivity index (χ1) is 38.0. The van der Waals surface area contributed by atoms with E-state index in [4.69, 9.17) is 5.73 Å². The molecule has 1 heterocycles. The van der Waals surface area contributed by atoms with Crippen molar-refractivity contribution in [2.75, 3.05) is 12.0 Å². The van der Waals surface area contributed by atoms with Crippen LogP contribution in [0.5, 0.6) is 17.2 Å². The topological polar surface area (TPSA) is 343 Å². The second kappa shape index (κ2) is 30.3. The largest absolute Gasteiger partial charge is 0.508 e. The van der Waals surface area contributed by atoms with E-state index >= 15 is 0 Å². The van der Waals surface area contributed by atoms with Crippen molar-refractivity contribution in [3.05, 3.63) is 126 Å². The molecule has 0 saturated heterocycles. The van der Waals surface area contributed by atoms with Gasteiger partial charge >= 0.3 is 5.97 Å². The summed E-state index contributed by atoms with van der Waals surface area (Å²) in [6, 6.07) is 15.0. The third kappa shape index (κ3) is 19.1. The summed E-state index contributed by atoms with van der Waals surface area (Å²) in [5.74, 6) is -6.95. The smallest absolute Gasteiger partial charge is 0.326 e. The number of hydrogen-bond acceptors (Lipinski definition) is 13. The molecule has 9 atom stereocenters. The number of phenolic OH excluding ortho intramolecular Hbond substituents is 3. The number of nitrogens with one attached hydrogen (secondary N) is 8. The molecule has 80 heavy (non-hydrogen) atoms. The molecule has 430 valence electrons. The lowest BCUT2D eigenvalue weighted by atomic mass is 9.95. The van der Waals surface area contributed by atoms with Crippen LogP contribution in [0.2, 0.25) is 0 Å². The van der Waals surface area contributed by atoms with Crippen LogP contribution in [0.4, 0.5) is 0 Å². The summed E-state index contributed by atoms with van der Waals surface area (Å²) < 4.78 is 0. The van der Waals surface area contributed by atoms with Gasteiger partial charge in [0.15, 0.2) is 0 Å². The zero-order valence-electron chi connectivity index (χ0n) is 45.8. The number of aromatic nitrogens is 1. The highest BCUT2D eigenvalue weighted by Gasteiger charge is 2.36. The standard InChI is InChI=1S/C58H75N9O12S/c1-7-33(4)50(67-56(76)46(26-32(2)3)63-52(72)43(59)30-38-31-60-44-11-9-8-10-42(38)44)57(77)65-48(28-36-14-20-40(69)21-15-36)55(75)62-45(24-25-80-6)53(73)64-47(27-35-12-18-39(68)19-13-35)54(74)61-34(5)51(71)66-49(58(78)79)29-37-16-22-41(70)23-17-37/h8-23,31-34,43,45-50,60,68-70H,7,24-30,59H2,1-6H3,(H,61,74)(H,62,75)(H,63,72)(H,64,73)(H,65,77)(H,66,71)(H,67,76)(H,78,79)/t33-,34-,43-,45-,46-,47-,48-,49-,50-/m1/s1. The lowest BCUT2D eigenvalue weighted by Gasteiger charge is -2.30. The minimum absolute atomic E-state index is 0.0295. The van der Waals surface area contributed by atoms with Gasteiger partial charge in [-0.05, 0) is 115 Å². The summed E-state index contributed by atoms with van der Waals surface area (Å²) in [5.41, 5.74) is 9.64. The molecule has 0 radical (unpaired) electrons. The van der Waals surface area contributed by atoms with E-state index in [9.17, 15) is 58.8 Å². The molecular weight excluding hydrogens is 1050 g/mol. The van der Waals surface area contributed by atoms with E-state index in [1.807, 2.05) is 45.0 Å². The van der Waals surface area contributed by atoms with E-state index in [2.05, 4.69) is 42.2 Å². The molecule has 14 N–H and O–H groups in total. The fourth-order valence-corrected chi connectivity index (χ4v) is 9.25. The first-order valence-electron chi connectivity index (χ1n) is 26.5. The number of H-pyrrole nitrogens is 1. The average Bonchev–Trinajstić information content (AvgIpc) is 3.87. The number of carboxylic acid groups (broad SMARTS) is 1. The highest BCUT2D eigenvalue weighted by molar-refractivity contribution is 7.98. The molecule has 0 fully saturated rings. The summed E-state index contributed by atoms with van der Waals surface area (Å²) in [4.78, 5) is 114. The number of aliphatic carboxylic acids is 1. The quantitative estimate of drug-likeness (QED) is 0.0314. The summed E-state index contributed by atoms with van der Waals surface area (Å²) in [6.45, 7) is 8.67. The number of para-hydroxylation sites is 1. The lowest BCUT2D eigenvalue weighted by molar-refractivity contribution is -0.142. The molecule has 0 saturated carbocycles. The van der Waals surface area contributed by atoms with Crippen molar-refractivity contribution in [1.29, 1.82) is 0 Å². The van der Waals surface area contributed by atoms with Crippen LogP contribution >= 0.6 is 11.8 Å². The van der Waals surface area contributed by atoms with Gasteiger partial charge < -0.3 is 68.4 Å². The predicted octanol–water partition coefficient (Wildman–Crippen LogP) is 3.23. The van der Waals surface area contributed by atoms with Gasteiger partial charge in [0.05, 0.1) is 6.04 Å². The number of benzene rings is 4. The van der Waals surface area contributed by atoms with Crippen LogP contribution in [0.15, 0.2) is 103 Å². The number of nitrogens with two attached hydrogens (primary N) is 1. The van der Waals surface area contributed by atoms with E-state index in [0.29, 0.717) is 28.9 Å². The van der Waals surface area contributed by atoms with Gasteiger partial charge in [-0.15, -0.1) is 0 Å². The van der Waals surface area contributed by atoms with Crippen molar-refractivity contribution in [2.24, 2.45) is 17.6 Å². The normalized spacial score (nSPS) is 14.7. The maximum absolute atomic E-state index is 14.6. The molecule has 5 rings (SSSR count). The zero-order chi connectivity index (χ0) is 58.6. The molecule has 0 aliphatic heterocycles. The molecule has 5 aromatic rings. The molecule has 22 heteroatoms. The number of fused-ring (bicyclic) bond motifs is 1. The van der Waals surface area contributed by atoms with Crippen LogP contribution in [0, 0.1) is 11.8 Å². The first-order valence-corrected chi connectivity index (χ1v) is 27.9. The molecule has 7 amide bonds. The number of carboxylic acids is 1. The number of aromatic amines is 1. The molecule has 21 nitrogen and oxygen atoms in total. The monoisotopic (exact) mass is 1120 g/mol. The second-order valence-electron chi connectivity index (χ2n) is 20.4. The highest BCUT2D eigenvalue weighted by Crippen LogP contribution is 2.20. The van der Waals surface area contributed by atoms with Gasteiger partial charge in [-0.2, -0.15) is 11.8 Å². The van der Waals surface area contributed by atoms with Gasteiger partial charge in [-0.1, -0.05) is 88.7 Å². The molecular formula is C58H75N9O12S. The number of carbonyl (C=O) groups is 8. The number of rotatable bonds is 30. The Morgan fingerprint density at radius 1 is 0.537 bits per heavy atom. The van der Waals surface area contributed by atoms with E-state index in [0.717, 1.165) is 16.5 Å². The van der Waals surface area contributed by atoms with Gasteiger partial charge in [0.1, 0.15) is 59.5 Å². The van der Waals surface area contributed by atoms with Crippen molar-refractivity contribution in [3.63, 3.8) is 0 Å². The molecule has 0 bridgehead atoms. The Kier molecular flexibility index (Phi) is 23.8. The molecule has 0 aliphatic rings. The summed E-state index contributed by atoms with van der Waals surface area (Å²) in [6.07, 6.45) is 4.00. The number of thioether (sulfide) groups is 1. The Labute approximate surface area is 469 Å². The zero-order valence-corrected chi connectivity index (χ0v) is 46.6. The highest BCUT2D eigenvalue weighted by atomic mass is 32.2. The molecule has 1 aromatic heterocycles. The maximum atomic E-state index is 14.6. The van der Waals surface area contributed by atoms with Crippen molar-refractivity contribution in [2.45, 2.75) is 128 Å². The fourth-order valence-electron chi connectivity index (χ4n) is 8.78. The van der Waals surface area contributed by atoms with Crippen molar-refractivity contribution < 1.29 is 58.8 Å². The second-order valence-corrected chi connectivity index (χ2v) is 21.4. The summed E-state index contributed by atoms with van der Waals surface area (Å²) in [5, 5.41) is 59.4. The molecule has 0 aliphatic carbocycles. The number of hydrogen-bond donors (Lipinski definition) is 13. The van der Waals surface area contributed by atoms with Gasteiger partial charge in [0.2, 0.25) is 41.4 Å². The summed E-state index contributed by atoms with van der Waals surface area (Å²) in [7, 11) is 0. The number of amides is 7. The fraction of sp³-hybridized carbons (Fsp3) is 0.414. The van der Waals surface area contributed by atoms with Gasteiger partial charge in [0, 0.05) is 36.4 Å². The Morgan fingerprint density at radius 2 is 0.988 bits per heavy atom. The average molecular weight is 1120 g/mol. The van der Waals surface area contributed by atoms with Crippen molar-refractivity contribution >= 4 is 70.0 Å². The van der Waals surface area contributed by atoms with E-state index in [1.165, 1.54) is 79.3 Å². The minimum Gasteiger partial charge on any atom is -0.508 e. The lowest BCUT2D eigenvalue weighted by Crippen LogP contribution is -2.61. The van der Waals surface area contributed by atoms with Crippen LogP contribution in [0.1, 0.15) is 76.1 Å². The number of carbonyl (C=O) groups excluding carboxylic acids is 7. The van der Waals surface area contributed by atoms with Crippen LogP contribution in [0.25, 0.3) is 10.9 Å². The van der Waals surface area contributed by atoms with Crippen molar-refractivity contribution in [1.82, 2.24) is 42.2 Å². The third-order valence-corrected chi connectivity index (χ3v) is 14.2. The minimum atomic E-state index is -1.41.